The molecule has 0 radical (unpaired) electrons. The van der Waals surface area contributed by atoms with Gasteiger partial charge in [0.05, 0.1) is 16.8 Å². The number of thioether (sulfide) groups is 1. The summed E-state index contributed by atoms with van der Waals surface area (Å²) in [5.41, 5.74) is 13.3. The minimum Gasteiger partial charge on any atom is -0.368 e. The predicted octanol–water partition coefficient (Wildman–Crippen LogP) is 1.70. The largest absolute Gasteiger partial charge is 0.368 e. The van der Waals surface area contributed by atoms with E-state index < -0.39 is 0 Å². The summed E-state index contributed by atoms with van der Waals surface area (Å²) >= 11 is 1.56. The van der Waals surface area contributed by atoms with Crippen LogP contribution in [0.5, 0.6) is 0 Å². The average Bonchev–Trinajstić information content (AvgIpc) is 2.81. The van der Waals surface area contributed by atoms with Gasteiger partial charge in [-0.1, -0.05) is 23.9 Å². The third kappa shape index (κ3) is 2.75. The third-order valence-corrected chi connectivity index (χ3v) is 3.95. The molecule has 21 heavy (non-hydrogen) atoms. The smallest absolute Gasteiger partial charge is 0.225 e. The lowest BCUT2D eigenvalue weighted by Crippen LogP contribution is -2.06. The van der Waals surface area contributed by atoms with Crippen LogP contribution in [0.15, 0.2) is 29.4 Å². The van der Waals surface area contributed by atoms with Crippen LogP contribution in [-0.4, -0.2) is 24.5 Å². The number of aromatic nitrogens is 5. The summed E-state index contributed by atoms with van der Waals surface area (Å²) in [6.45, 7) is 2.95. The van der Waals surface area contributed by atoms with Crippen LogP contribution in [0.2, 0.25) is 0 Å². The summed E-state index contributed by atoms with van der Waals surface area (Å²) in [6, 6.07) is 8.06. The first-order valence-corrected chi connectivity index (χ1v) is 7.50. The number of anilines is 2. The molecule has 0 spiro atoms. The molecule has 108 valence electrons. The molecule has 4 N–H and O–H groups in total. The lowest BCUT2D eigenvalue weighted by atomic mass is 10.3. The van der Waals surface area contributed by atoms with Gasteiger partial charge in [0, 0.05) is 6.54 Å². The molecule has 0 amide bonds. The van der Waals surface area contributed by atoms with Crippen molar-refractivity contribution in [3.63, 3.8) is 0 Å². The highest BCUT2D eigenvalue weighted by Crippen LogP contribution is 2.26. The molecule has 0 unspecified atom stereocenters. The Labute approximate surface area is 125 Å². The Morgan fingerprint density at radius 3 is 2.48 bits per heavy atom. The van der Waals surface area contributed by atoms with Crippen molar-refractivity contribution in [3.8, 4) is 0 Å². The number of nitrogen functional groups attached to an aromatic ring is 2. The first-order chi connectivity index (χ1) is 10.2. The number of nitrogens with two attached hydrogens (primary N) is 2. The van der Waals surface area contributed by atoms with Gasteiger partial charge in [0.25, 0.3) is 0 Å². The van der Waals surface area contributed by atoms with E-state index in [0.29, 0.717) is 11.6 Å². The molecule has 7 nitrogen and oxygen atoms in total. The molecule has 8 heteroatoms. The summed E-state index contributed by atoms with van der Waals surface area (Å²) in [6.07, 6.45) is 0. The summed E-state index contributed by atoms with van der Waals surface area (Å²) < 4.78 is 2.16. The molecule has 3 aromatic rings. The van der Waals surface area contributed by atoms with Crippen molar-refractivity contribution in [2.45, 2.75) is 24.4 Å². The Bertz CT molecular complexity index is 763. The summed E-state index contributed by atoms with van der Waals surface area (Å²) in [7, 11) is 0. The zero-order valence-corrected chi connectivity index (χ0v) is 12.3. The van der Waals surface area contributed by atoms with Gasteiger partial charge in [0.2, 0.25) is 11.9 Å². The molecule has 0 aliphatic rings. The van der Waals surface area contributed by atoms with E-state index >= 15 is 0 Å². The van der Waals surface area contributed by atoms with E-state index in [4.69, 9.17) is 11.5 Å². The van der Waals surface area contributed by atoms with Gasteiger partial charge in [0.15, 0.2) is 5.16 Å². The number of aryl methyl sites for hydroxylation is 1. The summed E-state index contributed by atoms with van der Waals surface area (Å²) in [4.78, 5) is 16.5. The third-order valence-electron chi connectivity index (χ3n) is 2.98. The van der Waals surface area contributed by atoms with E-state index in [-0.39, 0.29) is 11.9 Å². The maximum absolute atomic E-state index is 5.57. The van der Waals surface area contributed by atoms with E-state index in [9.17, 15) is 0 Å². The molecule has 0 bridgehead atoms. The van der Waals surface area contributed by atoms with Crippen LogP contribution in [0.25, 0.3) is 11.0 Å². The van der Waals surface area contributed by atoms with Gasteiger partial charge in [-0.2, -0.15) is 15.0 Å². The predicted molar refractivity (Wildman–Crippen MR) is 83.6 cm³/mol. The van der Waals surface area contributed by atoms with Crippen molar-refractivity contribution in [2.24, 2.45) is 0 Å². The van der Waals surface area contributed by atoms with Crippen LogP contribution < -0.4 is 11.5 Å². The van der Waals surface area contributed by atoms with Crippen molar-refractivity contribution in [3.05, 3.63) is 30.1 Å². The molecule has 3 rings (SSSR count). The number of benzene rings is 1. The van der Waals surface area contributed by atoms with E-state index in [2.05, 4.69) is 37.5 Å². The number of rotatable bonds is 4. The molecule has 0 saturated carbocycles. The van der Waals surface area contributed by atoms with E-state index in [1.165, 1.54) is 0 Å². The molecular weight excluding hydrogens is 286 g/mol. The maximum Gasteiger partial charge on any atom is 0.225 e. The molecule has 0 aliphatic carbocycles. The molecule has 2 aromatic heterocycles. The molecular formula is C13H15N7S. The summed E-state index contributed by atoms with van der Waals surface area (Å²) in [5.74, 6) is 1.38. The number of fused-ring (bicyclic) bond motifs is 1. The SMILES string of the molecule is CCn1c(SCc2nc(N)nc(N)n2)nc2ccccc21. The van der Waals surface area contributed by atoms with Crippen molar-refractivity contribution in [1.82, 2.24) is 24.5 Å². The fraction of sp³-hybridized carbons (Fsp3) is 0.231. The van der Waals surface area contributed by atoms with Crippen molar-refractivity contribution >= 4 is 34.7 Å². The topological polar surface area (TPSA) is 109 Å². The quantitative estimate of drug-likeness (QED) is 0.706. The highest BCUT2D eigenvalue weighted by atomic mass is 32.2. The number of hydrogen-bond acceptors (Lipinski definition) is 7. The fourth-order valence-electron chi connectivity index (χ4n) is 2.12. The number of para-hydroxylation sites is 2. The molecule has 2 heterocycles. The Morgan fingerprint density at radius 1 is 1.05 bits per heavy atom. The van der Waals surface area contributed by atoms with Gasteiger partial charge >= 0.3 is 0 Å². The normalized spacial score (nSPS) is 11.1. The Hall–Kier alpha value is -2.35. The van der Waals surface area contributed by atoms with Crippen LogP contribution in [0.4, 0.5) is 11.9 Å². The maximum atomic E-state index is 5.57. The van der Waals surface area contributed by atoms with Gasteiger partial charge in [-0.3, -0.25) is 0 Å². The van der Waals surface area contributed by atoms with Crippen molar-refractivity contribution in [2.75, 3.05) is 11.5 Å². The van der Waals surface area contributed by atoms with Crippen LogP contribution in [0.1, 0.15) is 12.7 Å². The summed E-state index contributed by atoms with van der Waals surface area (Å²) in [5, 5.41) is 0.927. The first kappa shape index (κ1) is 13.6. The first-order valence-electron chi connectivity index (χ1n) is 6.51. The van der Waals surface area contributed by atoms with Gasteiger partial charge in [-0.05, 0) is 19.1 Å². The molecule has 0 saturated heterocycles. The second-order valence-electron chi connectivity index (χ2n) is 4.38. The highest BCUT2D eigenvalue weighted by Gasteiger charge is 2.11. The molecule has 0 fully saturated rings. The van der Waals surface area contributed by atoms with Crippen LogP contribution in [-0.2, 0) is 12.3 Å². The van der Waals surface area contributed by atoms with Crippen molar-refractivity contribution < 1.29 is 0 Å². The lowest BCUT2D eigenvalue weighted by Gasteiger charge is -2.05. The lowest BCUT2D eigenvalue weighted by molar-refractivity contribution is 0.702. The minimum absolute atomic E-state index is 0.141. The number of nitrogens with zero attached hydrogens (tertiary/aromatic N) is 5. The average molecular weight is 301 g/mol. The monoisotopic (exact) mass is 301 g/mol. The van der Waals surface area contributed by atoms with E-state index in [1.54, 1.807) is 11.8 Å². The van der Waals surface area contributed by atoms with Crippen molar-refractivity contribution in [1.29, 1.82) is 0 Å². The zero-order chi connectivity index (χ0) is 14.8. The van der Waals surface area contributed by atoms with Gasteiger partial charge in [-0.15, -0.1) is 0 Å². The second kappa shape index (κ2) is 5.57. The fourth-order valence-corrected chi connectivity index (χ4v) is 3.05. The van der Waals surface area contributed by atoms with Crippen LogP contribution >= 0.6 is 11.8 Å². The second-order valence-corrected chi connectivity index (χ2v) is 5.33. The number of imidazole rings is 1. The van der Waals surface area contributed by atoms with Gasteiger partial charge in [-0.25, -0.2) is 4.98 Å². The van der Waals surface area contributed by atoms with E-state index in [0.717, 1.165) is 22.7 Å². The van der Waals surface area contributed by atoms with Gasteiger partial charge < -0.3 is 16.0 Å². The van der Waals surface area contributed by atoms with Gasteiger partial charge in [0.1, 0.15) is 5.82 Å². The van der Waals surface area contributed by atoms with Crippen LogP contribution in [0.3, 0.4) is 0 Å². The Kier molecular flexibility index (Phi) is 3.61. The van der Waals surface area contributed by atoms with Crippen LogP contribution in [0, 0.1) is 0 Å². The zero-order valence-electron chi connectivity index (χ0n) is 11.5. The molecule has 0 atom stereocenters. The standard InChI is InChI=1S/C13H15N7S/c1-2-20-9-6-4-3-5-8(9)16-13(20)21-7-10-17-11(14)19-12(15)18-10/h3-6H,2,7H2,1H3,(H4,14,15,17,18,19). The molecule has 1 aromatic carbocycles. The minimum atomic E-state index is 0.141. The number of hydrogen-bond donors (Lipinski definition) is 2. The Balaban J connectivity index is 1.88. The highest BCUT2D eigenvalue weighted by molar-refractivity contribution is 7.98. The Morgan fingerprint density at radius 2 is 1.76 bits per heavy atom. The van der Waals surface area contributed by atoms with E-state index in [1.807, 2.05) is 18.2 Å². The molecule has 0 aliphatic heterocycles.